The van der Waals surface area contributed by atoms with Crippen LogP contribution in [0.4, 0.5) is 0 Å². The van der Waals surface area contributed by atoms with Gasteiger partial charge in [-0.3, -0.25) is 4.90 Å². The van der Waals surface area contributed by atoms with Gasteiger partial charge in [-0.2, -0.15) is 0 Å². The molecule has 1 aliphatic rings. The molecule has 0 aromatic rings. The van der Waals surface area contributed by atoms with Crippen molar-refractivity contribution in [2.45, 2.75) is 37.1 Å². The minimum Gasteiger partial charge on any atom is -0.396 e. The molecule has 0 amide bonds. The maximum absolute atomic E-state index is 9.87. The molecule has 5 N–H and O–H groups in total. The molecule has 0 aliphatic carbocycles. The van der Waals surface area contributed by atoms with Crippen LogP contribution in [0.1, 0.15) is 6.42 Å². The van der Waals surface area contributed by atoms with E-state index >= 15 is 0 Å². The molecule has 102 valence electrons. The predicted octanol–water partition coefficient (Wildman–Crippen LogP) is -2.90. The fraction of sp³-hybridized carbons (Fsp3) is 1.00. The van der Waals surface area contributed by atoms with Crippen LogP contribution < -0.4 is 0 Å². The summed E-state index contributed by atoms with van der Waals surface area (Å²) in [6.07, 6.45) is -4.23. The number of hydrogen-bond donors (Lipinski definition) is 5. The Kier molecular flexibility index (Phi) is 5.74. The van der Waals surface area contributed by atoms with Gasteiger partial charge in [-0.15, -0.1) is 0 Å². The zero-order valence-electron chi connectivity index (χ0n) is 9.81. The molecule has 0 radical (unpaired) electrons. The molecule has 7 heteroatoms. The standard InChI is InChI=1S/C10H21NO6/c1-11(3-2-4-12)7-9(15)8(14)6(5-13)17-10(7)16/h6-10,12-16H,2-5H2,1H3/t6-,7-,8-,9-,10?/m1/s1. The van der Waals surface area contributed by atoms with E-state index in [0.29, 0.717) is 13.0 Å². The number of nitrogens with zero attached hydrogens (tertiary/aromatic N) is 1. The van der Waals surface area contributed by atoms with Crippen molar-refractivity contribution in [3.05, 3.63) is 0 Å². The van der Waals surface area contributed by atoms with Crippen molar-refractivity contribution in [2.75, 3.05) is 26.8 Å². The summed E-state index contributed by atoms with van der Waals surface area (Å²) < 4.78 is 5.02. The maximum Gasteiger partial charge on any atom is 0.173 e. The zero-order valence-corrected chi connectivity index (χ0v) is 9.81. The van der Waals surface area contributed by atoms with Crippen molar-refractivity contribution in [2.24, 2.45) is 0 Å². The Morgan fingerprint density at radius 1 is 1.12 bits per heavy atom. The van der Waals surface area contributed by atoms with E-state index < -0.39 is 37.3 Å². The van der Waals surface area contributed by atoms with E-state index in [4.69, 9.17) is 14.9 Å². The topological polar surface area (TPSA) is 114 Å². The van der Waals surface area contributed by atoms with Gasteiger partial charge in [-0.1, -0.05) is 0 Å². The second-order valence-corrected chi connectivity index (χ2v) is 4.28. The second-order valence-electron chi connectivity index (χ2n) is 4.28. The molecule has 1 saturated heterocycles. The Balaban J connectivity index is 2.65. The molecule has 5 atom stereocenters. The number of aliphatic hydroxyl groups excluding tert-OH is 5. The van der Waals surface area contributed by atoms with E-state index in [-0.39, 0.29) is 6.61 Å². The van der Waals surface area contributed by atoms with Gasteiger partial charge in [0.15, 0.2) is 6.29 Å². The summed E-state index contributed by atoms with van der Waals surface area (Å²) in [5, 5.41) is 46.9. The Bertz CT molecular complexity index is 225. The van der Waals surface area contributed by atoms with Gasteiger partial charge in [0.1, 0.15) is 18.3 Å². The van der Waals surface area contributed by atoms with Crippen molar-refractivity contribution in [3.8, 4) is 0 Å². The summed E-state index contributed by atoms with van der Waals surface area (Å²) in [5.74, 6) is 0. The third kappa shape index (κ3) is 3.35. The van der Waals surface area contributed by atoms with Crippen LogP contribution in [-0.2, 0) is 4.74 Å². The molecule has 0 saturated carbocycles. The van der Waals surface area contributed by atoms with Crippen molar-refractivity contribution in [3.63, 3.8) is 0 Å². The Morgan fingerprint density at radius 3 is 2.29 bits per heavy atom. The highest BCUT2D eigenvalue weighted by Crippen LogP contribution is 2.23. The van der Waals surface area contributed by atoms with E-state index in [1.807, 2.05) is 0 Å². The molecule has 17 heavy (non-hydrogen) atoms. The lowest BCUT2D eigenvalue weighted by Crippen LogP contribution is -2.63. The number of hydrogen-bond acceptors (Lipinski definition) is 7. The first kappa shape index (κ1) is 14.8. The highest BCUT2D eigenvalue weighted by atomic mass is 16.6. The first-order valence-electron chi connectivity index (χ1n) is 5.64. The summed E-state index contributed by atoms with van der Waals surface area (Å²) in [6.45, 7) is -0.0105. The molecule has 1 fully saturated rings. The van der Waals surface area contributed by atoms with Crippen molar-refractivity contribution >= 4 is 0 Å². The number of ether oxygens (including phenoxy) is 1. The van der Waals surface area contributed by atoms with Gasteiger partial charge < -0.3 is 30.3 Å². The van der Waals surface area contributed by atoms with E-state index in [1.54, 1.807) is 11.9 Å². The van der Waals surface area contributed by atoms with Gasteiger partial charge in [-0.25, -0.2) is 0 Å². The molecule has 1 aliphatic heterocycles. The average molecular weight is 251 g/mol. The lowest BCUT2D eigenvalue weighted by atomic mass is 9.96. The molecule has 1 heterocycles. The normalized spacial score (nSPS) is 38.6. The predicted molar refractivity (Wildman–Crippen MR) is 58.1 cm³/mol. The van der Waals surface area contributed by atoms with Gasteiger partial charge in [0.05, 0.1) is 12.6 Å². The highest BCUT2D eigenvalue weighted by Gasteiger charge is 2.45. The van der Waals surface area contributed by atoms with Crippen LogP contribution in [0.25, 0.3) is 0 Å². The largest absolute Gasteiger partial charge is 0.396 e. The van der Waals surface area contributed by atoms with Gasteiger partial charge in [0.2, 0.25) is 0 Å². The summed E-state index contributed by atoms with van der Waals surface area (Å²) in [4.78, 5) is 1.61. The van der Waals surface area contributed by atoms with Gasteiger partial charge in [0.25, 0.3) is 0 Å². The van der Waals surface area contributed by atoms with Crippen LogP contribution in [0.15, 0.2) is 0 Å². The minimum absolute atomic E-state index is 0.00588. The molecule has 1 unspecified atom stereocenters. The van der Waals surface area contributed by atoms with E-state index in [9.17, 15) is 15.3 Å². The average Bonchev–Trinajstić information content (AvgIpc) is 2.31. The smallest absolute Gasteiger partial charge is 0.173 e. The van der Waals surface area contributed by atoms with E-state index in [1.165, 1.54) is 0 Å². The molecule has 0 spiro atoms. The van der Waals surface area contributed by atoms with Crippen molar-refractivity contribution in [1.29, 1.82) is 0 Å². The van der Waals surface area contributed by atoms with E-state index in [2.05, 4.69) is 0 Å². The Hall–Kier alpha value is -0.280. The molecule has 0 aromatic carbocycles. The van der Waals surface area contributed by atoms with Crippen LogP contribution in [-0.4, -0.2) is 87.9 Å². The Morgan fingerprint density at radius 2 is 1.76 bits per heavy atom. The van der Waals surface area contributed by atoms with Crippen molar-refractivity contribution < 1.29 is 30.3 Å². The second kappa shape index (κ2) is 6.60. The van der Waals surface area contributed by atoms with Crippen LogP contribution in [0, 0.1) is 0 Å². The maximum atomic E-state index is 9.87. The molecular weight excluding hydrogens is 230 g/mol. The lowest BCUT2D eigenvalue weighted by molar-refractivity contribution is -0.270. The zero-order chi connectivity index (χ0) is 13.0. The summed E-state index contributed by atoms with van der Waals surface area (Å²) in [7, 11) is 1.65. The van der Waals surface area contributed by atoms with Gasteiger partial charge in [-0.05, 0) is 13.5 Å². The van der Waals surface area contributed by atoms with E-state index in [0.717, 1.165) is 0 Å². The number of likely N-dealkylation sites (N-methyl/N-ethyl adjacent to an activating group) is 1. The lowest BCUT2D eigenvalue weighted by Gasteiger charge is -2.43. The van der Waals surface area contributed by atoms with Crippen LogP contribution >= 0.6 is 0 Å². The summed E-state index contributed by atoms with van der Waals surface area (Å²) in [6, 6.07) is -0.778. The van der Waals surface area contributed by atoms with Crippen LogP contribution in [0.5, 0.6) is 0 Å². The monoisotopic (exact) mass is 251 g/mol. The number of rotatable bonds is 5. The summed E-state index contributed by atoms with van der Waals surface area (Å²) in [5.41, 5.74) is 0. The number of aliphatic hydroxyl groups is 5. The molecule has 1 rings (SSSR count). The third-order valence-corrected chi connectivity index (χ3v) is 3.04. The highest BCUT2D eigenvalue weighted by molar-refractivity contribution is 4.93. The molecule has 7 nitrogen and oxygen atoms in total. The first-order valence-corrected chi connectivity index (χ1v) is 5.64. The van der Waals surface area contributed by atoms with Gasteiger partial charge in [0, 0.05) is 13.2 Å². The summed E-state index contributed by atoms with van der Waals surface area (Å²) >= 11 is 0. The first-order chi connectivity index (χ1) is 8.02. The van der Waals surface area contributed by atoms with Gasteiger partial charge >= 0.3 is 0 Å². The molecule has 0 bridgehead atoms. The van der Waals surface area contributed by atoms with Crippen LogP contribution in [0.2, 0.25) is 0 Å². The fourth-order valence-electron chi connectivity index (χ4n) is 2.03. The van der Waals surface area contributed by atoms with Crippen molar-refractivity contribution in [1.82, 2.24) is 4.90 Å². The third-order valence-electron chi connectivity index (χ3n) is 3.04. The fourth-order valence-corrected chi connectivity index (χ4v) is 2.03. The Labute approximate surface area is 99.9 Å². The molecular formula is C10H21NO6. The molecule has 0 aromatic heterocycles. The van der Waals surface area contributed by atoms with Crippen LogP contribution in [0.3, 0.4) is 0 Å². The minimum atomic E-state index is -1.28. The quantitative estimate of drug-likeness (QED) is 0.356. The SMILES string of the molecule is CN(CCCO)[C@H]1C(O)O[C@H](CO)[C@@H](O)[C@@H]1O.